The van der Waals surface area contributed by atoms with E-state index in [1.165, 1.54) is 27.1 Å². The van der Waals surface area contributed by atoms with Crippen molar-refractivity contribution in [2.45, 2.75) is 51.4 Å². The highest BCUT2D eigenvalue weighted by Crippen LogP contribution is 2.14. The number of unbranched alkanes of at least 4 members (excludes halogenated alkanes) is 7. The van der Waals surface area contributed by atoms with Crippen molar-refractivity contribution in [1.29, 1.82) is 0 Å². The first-order valence-electron chi connectivity index (χ1n) is 7.40. The van der Waals surface area contributed by atoms with Crippen molar-refractivity contribution in [3.63, 3.8) is 0 Å². The smallest absolute Gasteiger partial charge is 0.344 e. The molecular weight excluding hydrogens is 416 g/mol. The first kappa shape index (κ1) is 21.4. The molecule has 0 radical (unpaired) electrons. The lowest BCUT2D eigenvalue weighted by atomic mass is 10.1. The van der Waals surface area contributed by atoms with E-state index < -0.39 is 0 Å². The molecule has 0 aromatic carbocycles. The molecule has 0 rings (SSSR count). The lowest BCUT2D eigenvalue weighted by Crippen LogP contribution is -1.98. The van der Waals surface area contributed by atoms with Gasteiger partial charge in [0.15, 0.2) is 0 Å². The summed E-state index contributed by atoms with van der Waals surface area (Å²) in [7, 11) is 2.74. The van der Waals surface area contributed by atoms with Crippen molar-refractivity contribution < 1.29 is 19.1 Å². The highest BCUT2D eigenvalue weighted by molar-refractivity contribution is 9.12. The summed E-state index contributed by atoms with van der Waals surface area (Å²) in [4.78, 5) is 22.2. The van der Waals surface area contributed by atoms with E-state index in [2.05, 4.69) is 41.3 Å². The normalized spacial score (nSPS) is 12.2. The van der Waals surface area contributed by atoms with Crippen LogP contribution in [-0.4, -0.2) is 26.2 Å². The van der Waals surface area contributed by atoms with Crippen LogP contribution in [0.5, 0.6) is 0 Å². The highest BCUT2D eigenvalue weighted by Gasteiger charge is 2.04. The number of ether oxygens (including phenoxy) is 2. The molecule has 0 spiro atoms. The molecule has 0 fully saturated rings. The fraction of sp³-hybridized carbons (Fsp3) is 0.625. The minimum absolute atomic E-state index is 0.328. The third-order valence-corrected chi connectivity index (χ3v) is 4.36. The summed E-state index contributed by atoms with van der Waals surface area (Å²) in [5.41, 5.74) is 0. The number of carbonyl (C=O) groups is 2. The van der Waals surface area contributed by atoms with Crippen LogP contribution in [0.2, 0.25) is 0 Å². The summed E-state index contributed by atoms with van der Waals surface area (Å²) < 4.78 is 10.2. The molecule has 0 bridgehead atoms. The fourth-order valence-electron chi connectivity index (χ4n) is 1.82. The molecule has 0 heterocycles. The number of halogens is 2. The molecule has 0 aliphatic rings. The van der Waals surface area contributed by atoms with Crippen molar-refractivity contribution >= 4 is 43.8 Å². The van der Waals surface area contributed by atoms with Gasteiger partial charge in [-0.15, -0.1) is 0 Å². The van der Waals surface area contributed by atoms with Crippen LogP contribution in [-0.2, 0) is 19.1 Å². The van der Waals surface area contributed by atoms with Crippen molar-refractivity contribution in [2.24, 2.45) is 0 Å². The van der Waals surface area contributed by atoms with Crippen LogP contribution in [0.4, 0.5) is 0 Å². The van der Waals surface area contributed by atoms with Crippen LogP contribution in [0.1, 0.15) is 51.4 Å². The van der Waals surface area contributed by atoms with E-state index >= 15 is 0 Å². The van der Waals surface area contributed by atoms with E-state index in [9.17, 15) is 9.59 Å². The van der Waals surface area contributed by atoms with Gasteiger partial charge >= 0.3 is 11.9 Å². The minimum Gasteiger partial charge on any atom is -0.465 e. The van der Waals surface area contributed by atoms with Gasteiger partial charge in [0, 0.05) is 0 Å². The Bertz CT molecular complexity index is 365. The monoisotopic (exact) mass is 438 g/mol. The maximum atomic E-state index is 11.1. The largest absolute Gasteiger partial charge is 0.465 e. The molecule has 0 unspecified atom stereocenters. The number of hydrogen-bond donors (Lipinski definition) is 0. The summed E-state index contributed by atoms with van der Waals surface area (Å²) in [5, 5.41) is 0. The van der Waals surface area contributed by atoms with Crippen molar-refractivity contribution in [2.75, 3.05) is 14.2 Å². The predicted molar refractivity (Wildman–Crippen MR) is 95.0 cm³/mol. The zero-order valence-corrected chi connectivity index (χ0v) is 16.4. The van der Waals surface area contributed by atoms with E-state index in [1.807, 2.05) is 12.2 Å². The van der Waals surface area contributed by atoms with Crippen LogP contribution >= 0.6 is 31.9 Å². The molecule has 0 atom stereocenters. The fourth-order valence-corrected chi connectivity index (χ4v) is 2.60. The molecule has 6 heteroatoms. The maximum Gasteiger partial charge on any atom is 0.344 e. The standard InChI is InChI=1S/C16H24Br2O4/c1-21-15(19)13(17)11-9-7-5-3-4-6-8-10-12-14(18)16(20)22-2/h11-12H,3-10H2,1-2H3/b13-11-,14-12+. The number of rotatable bonds is 11. The van der Waals surface area contributed by atoms with Gasteiger partial charge in [-0.1, -0.05) is 37.8 Å². The summed E-state index contributed by atoms with van der Waals surface area (Å²) in [6.07, 6.45) is 12.3. The van der Waals surface area contributed by atoms with E-state index in [0.717, 1.165) is 38.5 Å². The average molecular weight is 440 g/mol. The first-order chi connectivity index (χ1) is 10.5. The van der Waals surface area contributed by atoms with Crippen LogP contribution in [0, 0.1) is 0 Å². The van der Waals surface area contributed by atoms with Crippen LogP contribution in [0.3, 0.4) is 0 Å². The number of hydrogen-bond acceptors (Lipinski definition) is 4. The molecule has 0 aliphatic heterocycles. The molecular formula is C16H24Br2O4. The van der Waals surface area contributed by atoms with E-state index in [-0.39, 0.29) is 11.9 Å². The lowest BCUT2D eigenvalue weighted by Gasteiger charge is -2.01. The Labute approximate surface area is 149 Å². The van der Waals surface area contributed by atoms with Gasteiger partial charge in [-0.05, 0) is 57.5 Å². The highest BCUT2D eigenvalue weighted by atomic mass is 79.9. The quantitative estimate of drug-likeness (QED) is 0.258. The molecule has 0 saturated carbocycles. The van der Waals surface area contributed by atoms with Crippen molar-refractivity contribution in [1.82, 2.24) is 0 Å². The number of carbonyl (C=O) groups excluding carboxylic acids is 2. The van der Waals surface area contributed by atoms with Crippen LogP contribution < -0.4 is 0 Å². The van der Waals surface area contributed by atoms with E-state index in [4.69, 9.17) is 0 Å². The van der Waals surface area contributed by atoms with Crippen molar-refractivity contribution in [3.8, 4) is 0 Å². The number of allylic oxidation sites excluding steroid dienone is 2. The summed E-state index contributed by atoms with van der Waals surface area (Å²) in [6, 6.07) is 0. The van der Waals surface area contributed by atoms with Gasteiger partial charge in [0.25, 0.3) is 0 Å². The van der Waals surface area contributed by atoms with E-state index in [1.54, 1.807) is 0 Å². The van der Waals surface area contributed by atoms with Gasteiger partial charge < -0.3 is 9.47 Å². The van der Waals surface area contributed by atoms with Gasteiger partial charge in [0.2, 0.25) is 0 Å². The van der Waals surface area contributed by atoms with Gasteiger partial charge in [-0.3, -0.25) is 0 Å². The summed E-state index contributed by atoms with van der Waals surface area (Å²) in [6.45, 7) is 0. The molecule has 0 aliphatic carbocycles. The summed E-state index contributed by atoms with van der Waals surface area (Å²) in [5.74, 6) is -0.655. The first-order valence-corrected chi connectivity index (χ1v) is 8.99. The zero-order valence-electron chi connectivity index (χ0n) is 13.2. The predicted octanol–water partition coefficient (Wildman–Crippen LogP) is 5.01. The second kappa shape index (κ2) is 14.0. The Balaban J connectivity index is 3.52. The lowest BCUT2D eigenvalue weighted by molar-refractivity contribution is -0.136. The zero-order chi connectivity index (χ0) is 16.8. The summed E-state index contributed by atoms with van der Waals surface area (Å²) >= 11 is 6.37. The van der Waals surface area contributed by atoms with Gasteiger partial charge in [0.1, 0.15) is 0 Å². The number of esters is 2. The second-order valence-corrected chi connectivity index (χ2v) is 6.49. The Hall–Kier alpha value is -0.620. The molecule has 4 nitrogen and oxygen atoms in total. The van der Waals surface area contributed by atoms with Gasteiger partial charge in [0.05, 0.1) is 23.2 Å². The molecule has 0 N–H and O–H groups in total. The third-order valence-electron chi connectivity index (χ3n) is 3.07. The Morgan fingerprint density at radius 3 is 1.36 bits per heavy atom. The Morgan fingerprint density at radius 1 is 0.727 bits per heavy atom. The van der Waals surface area contributed by atoms with Gasteiger partial charge in [-0.25, -0.2) is 9.59 Å². The van der Waals surface area contributed by atoms with E-state index in [0.29, 0.717) is 8.96 Å². The molecule has 126 valence electrons. The minimum atomic E-state index is -0.328. The maximum absolute atomic E-state index is 11.1. The molecule has 0 saturated heterocycles. The Kier molecular flexibility index (Phi) is 13.6. The second-order valence-electron chi connectivity index (χ2n) is 4.79. The van der Waals surface area contributed by atoms with Crippen molar-refractivity contribution in [3.05, 3.63) is 21.1 Å². The molecule has 0 amide bonds. The molecule has 0 aromatic heterocycles. The number of methoxy groups -OCH3 is 2. The third kappa shape index (κ3) is 11.0. The van der Waals surface area contributed by atoms with Crippen LogP contribution in [0.25, 0.3) is 0 Å². The molecule has 22 heavy (non-hydrogen) atoms. The Morgan fingerprint density at radius 2 is 1.05 bits per heavy atom. The van der Waals surface area contributed by atoms with Gasteiger partial charge in [-0.2, -0.15) is 0 Å². The topological polar surface area (TPSA) is 52.6 Å². The average Bonchev–Trinajstić information content (AvgIpc) is 2.54. The molecule has 0 aromatic rings. The SMILES string of the molecule is COC(=O)/C(Br)=C/CCCCCCCC/C=C(/Br)C(=O)OC. The van der Waals surface area contributed by atoms with Crippen LogP contribution in [0.15, 0.2) is 21.1 Å².